The molecular formula is C31H34N4O4S2. The zero-order valence-electron chi connectivity index (χ0n) is 23.1. The lowest BCUT2D eigenvalue weighted by molar-refractivity contribution is -0.144. The van der Waals surface area contributed by atoms with Crippen LogP contribution in [-0.4, -0.2) is 63.2 Å². The normalized spacial score (nSPS) is 23.0. The monoisotopic (exact) mass is 590 g/mol. The third-order valence-corrected chi connectivity index (χ3v) is 10.8. The van der Waals surface area contributed by atoms with E-state index in [2.05, 4.69) is 28.0 Å². The molecule has 8 nitrogen and oxygen atoms in total. The number of carbonyl (C=O) groups is 1. The van der Waals surface area contributed by atoms with Crippen LogP contribution in [0.1, 0.15) is 35.1 Å². The molecule has 0 spiro atoms. The molecule has 0 amide bonds. The highest BCUT2D eigenvalue weighted by Crippen LogP contribution is 2.44. The summed E-state index contributed by atoms with van der Waals surface area (Å²) in [6.07, 6.45) is 1.94. The third-order valence-electron chi connectivity index (χ3n) is 8.65. The summed E-state index contributed by atoms with van der Waals surface area (Å²) in [6.45, 7) is 6.16. The minimum absolute atomic E-state index is 0.183. The van der Waals surface area contributed by atoms with E-state index in [-0.39, 0.29) is 24.4 Å². The van der Waals surface area contributed by atoms with Crippen LogP contribution in [-0.2, 0) is 29.1 Å². The molecule has 3 fully saturated rings. The average molecular weight is 591 g/mol. The van der Waals surface area contributed by atoms with E-state index in [1.54, 1.807) is 11.3 Å². The number of rotatable bonds is 8. The Kier molecular flexibility index (Phi) is 8.22. The van der Waals surface area contributed by atoms with Crippen LogP contribution in [0.4, 0.5) is 5.13 Å². The van der Waals surface area contributed by atoms with Crippen molar-refractivity contribution >= 4 is 33.6 Å². The van der Waals surface area contributed by atoms with E-state index in [0.29, 0.717) is 22.8 Å². The molecule has 2 aliphatic heterocycles. The second-order valence-electron chi connectivity index (χ2n) is 11.4. The van der Waals surface area contributed by atoms with Gasteiger partial charge in [0.2, 0.25) is 0 Å². The number of benzene rings is 2. The predicted molar refractivity (Wildman–Crippen MR) is 160 cm³/mol. The summed E-state index contributed by atoms with van der Waals surface area (Å²) in [7, 11) is 0. The Morgan fingerprint density at radius 3 is 2.66 bits per heavy atom. The van der Waals surface area contributed by atoms with Crippen molar-refractivity contribution in [1.82, 2.24) is 9.88 Å². The highest BCUT2D eigenvalue weighted by molar-refractivity contribution is 7.91. The number of aryl methyl sites for hydroxylation is 1. The molecule has 0 unspecified atom stereocenters. The fourth-order valence-electron chi connectivity index (χ4n) is 6.48. The van der Waals surface area contributed by atoms with Crippen LogP contribution in [0.25, 0.3) is 11.3 Å². The largest absolute Gasteiger partial charge is 0.616 e. The van der Waals surface area contributed by atoms with Crippen molar-refractivity contribution in [2.45, 2.75) is 32.9 Å². The van der Waals surface area contributed by atoms with Gasteiger partial charge in [-0.15, -0.1) is 11.3 Å². The highest BCUT2D eigenvalue weighted by Gasteiger charge is 2.46. The summed E-state index contributed by atoms with van der Waals surface area (Å²) in [4.78, 5) is 21.3. The fourth-order valence-corrected chi connectivity index (χ4v) is 8.46. The number of nitrogens with zero attached hydrogens (tertiary/aromatic N) is 4. The number of hydrogen-bond donors (Lipinski definition) is 1. The number of fused-ring (bicyclic) bond motifs is 2. The topological polar surface area (TPSA) is 113 Å². The number of anilines is 1. The van der Waals surface area contributed by atoms with Crippen LogP contribution in [0.2, 0.25) is 0 Å². The van der Waals surface area contributed by atoms with Crippen molar-refractivity contribution in [2.24, 2.45) is 17.8 Å². The number of aromatic nitrogens is 1. The van der Waals surface area contributed by atoms with Crippen molar-refractivity contribution in [3.8, 4) is 23.1 Å². The van der Waals surface area contributed by atoms with Crippen LogP contribution in [0, 0.1) is 36.0 Å². The predicted octanol–water partition coefficient (Wildman–Crippen LogP) is 4.68. The summed E-state index contributed by atoms with van der Waals surface area (Å²) < 4.78 is 18.0. The summed E-state index contributed by atoms with van der Waals surface area (Å²) in [5.74, 6) is 1.61. The Balaban J connectivity index is 1.15. The Hall–Kier alpha value is -3.10. The minimum Gasteiger partial charge on any atom is -0.616 e. The van der Waals surface area contributed by atoms with Crippen molar-refractivity contribution in [3.05, 3.63) is 64.0 Å². The van der Waals surface area contributed by atoms with Gasteiger partial charge in [-0.05, 0) is 55.4 Å². The van der Waals surface area contributed by atoms with E-state index in [4.69, 9.17) is 9.72 Å². The summed E-state index contributed by atoms with van der Waals surface area (Å²) >= 11 is 0.884. The lowest BCUT2D eigenvalue weighted by atomic mass is 9.85. The van der Waals surface area contributed by atoms with E-state index < -0.39 is 17.1 Å². The smallest absolute Gasteiger partial charge is 0.307 e. The molecule has 6 rings (SSSR count). The molecular weight excluding hydrogens is 556 g/mol. The number of carboxylic acid groups (broad SMARTS) is 1. The van der Waals surface area contributed by atoms with E-state index in [1.165, 1.54) is 0 Å². The van der Waals surface area contributed by atoms with Gasteiger partial charge >= 0.3 is 5.97 Å². The van der Waals surface area contributed by atoms with E-state index in [9.17, 15) is 19.7 Å². The first-order chi connectivity index (χ1) is 19.9. The van der Waals surface area contributed by atoms with Gasteiger partial charge in [0.05, 0.1) is 23.2 Å². The lowest BCUT2D eigenvalue weighted by Gasteiger charge is -2.35. The van der Waals surface area contributed by atoms with Crippen LogP contribution in [0.3, 0.4) is 0 Å². The number of piperidine rings is 1. The zero-order valence-corrected chi connectivity index (χ0v) is 24.8. The number of carboxylic acids is 1. The number of aliphatic carboxylic acids is 1. The summed E-state index contributed by atoms with van der Waals surface area (Å²) in [6, 6.07) is 14.3. The fraction of sp³-hybridized carbons (Fsp3) is 0.452. The molecule has 1 N–H and O–H groups in total. The van der Waals surface area contributed by atoms with Gasteiger partial charge in [0.15, 0.2) is 5.13 Å². The lowest BCUT2D eigenvalue weighted by Crippen LogP contribution is -2.44. The molecule has 10 heteroatoms. The van der Waals surface area contributed by atoms with Crippen LogP contribution >= 0.6 is 11.3 Å². The first kappa shape index (κ1) is 28.0. The number of ether oxygens (including phenoxy) is 1. The molecule has 1 aromatic heterocycles. The summed E-state index contributed by atoms with van der Waals surface area (Å²) in [5, 5.41) is 22.5. The second-order valence-corrected chi connectivity index (χ2v) is 13.9. The van der Waals surface area contributed by atoms with Crippen LogP contribution in [0.15, 0.2) is 41.8 Å². The molecule has 1 saturated carbocycles. The average Bonchev–Trinajstić information content (AvgIpc) is 3.56. The van der Waals surface area contributed by atoms with Gasteiger partial charge in [-0.25, -0.2) is 4.98 Å². The van der Waals surface area contributed by atoms with Crippen molar-refractivity contribution in [2.75, 3.05) is 42.6 Å². The van der Waals surface area contributed by atoms with Crippen molar-refractivity contribution in [3.63, 3.8) is 0 Å². The van der Waals surface area contributed by atoms with Gasteiger partial charge in [0.1, 0.15) is 23.9 Å². The highest BCUT2D eigenvalue weighted by atomic mass is 32.2. The standard InChI is InChI=1S/C31H34N4O4S2/c1-20-2-7-28(39-18-24-4-3-21(13-25(24)14-32)15-34-8-10-41(38)11-9-34)26(12-20)27-19-40-31(33-27)35-16-22-5-6-23(17-35)29(22)30(36)37/h2-4,7,12-13,19,22-23,29H,5-6,8-11,15-18H2,1H3,(H,36,37)/t22-,23+,29+. The molecule has 0 radical (unpaired) electrons. The Morgan fingerprint density at radius 1 is 1.20 bits per heavy atom. The molecule has 214 valence electrons. The number of nitriles is 1. The minimum atomic E-state index is -0.707. The molecule has 3 aromatic rings. The molecule has 2 saturated heterocycles. The van der Waals surface area contributed by atoms with Crippen LogP contribution < -0.4 is 9.64 Å². The van der Waals surface area contributed by atoms with Gasteiger partial charge in [0, 0.05) is 49.2 Å². The number of thiazole rings is 1. The van der Waals surface area contributed by atoms with E-state index in [1.807, 2.05) is 36.6 Å². The SMILES string of the molecule is Cc1ccc(OCc2ccc(CN3CC[S+]([O-])CC3)cc2C#N)c(-c2csc(N3C[C@H]4CC[C@@H](C3)[C@H]4C(=O)O)n2)c1. The molecule has 41 heavy (non-hydrogen) atoms. The van der Waals surface area contributed by atoms with Crippen molar-refractivity contribution < 1.29 is 19.2 Å². The van der Waals surface area contributed by atoms with Gasteiger partial charge in [0.25, 0.3) is 0 Å². The molecule has 2 aromatic carbocycles. The van der Waals surface area contributed by atoms with Crippen molar-refractivity contribution in [1.29, 1.82) is 5.26 Å². The Bertz CT molecular complexity index is 1450. The maximum absolute atomic E-state index is 11.8. The van der Waals surface area contributed by atoms with Gasteiger partial charge in [-0.1, -0.05) is 34.9 Å². The molecule has 3 heterocycles. The quantitative estimate of drug-likeness (QED) is 0.377. The Labute approximate surface area is 247 Å². The maximum Gasteiger partial charge on any atom is 0.307 e. The molecule has 3 aliphatic rings. The van der Waals surface area contributed by atoms with E-state index in [0.717, 1.165) is 78.6 Å². The van der Waals surface area contributed by atoms with Gasteiger partial charge < -0.3 is 19.3 Å². The molecule has 3 atom stereocenters. The summed E-state index contributed by atoms with van der Waals surface area (Å²) in [5.41, 5.74) is 5.37. The second kappa shape index (κ2) is 12.0. The molecule has 1 aliphatic carbocycles. The first-order valence-electron chi connectivity index (χ1n) is 14.1. The third kappa shape index (κ3) is 6.09. The number of hydrogen-bond acceptors (Lipinski definition) is 8. The first-order valence-corrected chi connectivity index (χ1v) is 16.5. The van der Waals surface area contributed by atoms with Gasteiger partial charge in [-0.2, -0.15) is 5.26 Å². The van der Waals surface area contributed by atoms with Gasteiger partial charge in [-0.3, -0.25) is 9.69 Å². The maximum atomic E-state index is 11.8. The van der Waals surface area contributed by atoms with Crippen LogP contribution in [0.5, 0.6) is 5.75 Å². The Morgan fingerprint density at radius 2 is 1.95 bits per heavy atom. The zero-order chi connectivity index (χ0) is 28.5. The molecule has 2 bridgehead atoms. The van der Waals surface area contributed by atoms with E-state index >= 15 is 0 Å².